The van der Waals surface area contributed by atoms with Crippen LogP contribution in [-0.4, -0.2) is 59.5 Å². The van der Waals surface area contributed by atoms with Gasteiger partial charge in [-0.2, -0.15) is 0 Å². The highest BCUT2D eigenvalue weighted by molar-refractivity contribution is 7.10. The van der Waals surface area contributed by atoms with Crippen LogP contribution in [0.1, 0.15) is 82.0 Å². The van der Waals surface area contributed by atoms with E-state index in [0.29, 0.717) is 41.8 Å². The van der Waals surface area contributed by atoms with Gasteiger partial charge in [0, 0.05) is 47.6 Å². The van der Waals surface area contributed by atoms with Gasteiger partial charge in [0.05, 0.1) is 11.1 Å². The molecule has 2 heterocycles. The molecule has 5 rings (SSSR count). The number of halogens is 2. The van der Waals surface area contributed by atoms with Gasteiger partial charge in [0.15, 0.2) is 0 Å². The second kappa shape index (κ2) is 11.2. The summed E-state index contributed by atoms with van der Waals surface area (Å²) in [5.74, 6) is -2.73. The molecule has 2 saturated carbocycles. The summed E-state index contributed by atoms with van der Waals surface area (Å²) in [6, 6.07) is 9.07. The lowest BCUT2D eigenvalue weighted by Gasteiger charge is -2.32. The Balaban J connectivity index is 1.01. The molecule has 1 aliphatic heterocycles. The molecule has 200 valence electrons. The number of thiophene rings is 1. The van der Waals surface area contributed by atoms with Gasteiger partial charge < -0.3 is 15.7 Å². The highest BCUT2D eigenvalue weighted by atomic mass is 32.1. The number of aromatic carboxylic acids is 1. The molecule has 3 N–H and O–H groups in total. The average Bonchev–Trinajstić information content (AvgIpc) is 3.47. The second-order valence-corrected chi connectivity index (χ2v) is 11.9. The molecule has 0 spiro atoms. The predicted octanol–water partition coefficient (Wildman–Crippen LogP) is 5.11. The van der Waals surface area contributed by atoms with E-state index in [2.05, 4.69) is 15.5 Å². The van der Waals surface area contributed by atoms with E-state index < -0.39 is 17.9 Å². The number of carboxylic acid groups (broad SMARTS) is 1. The standard InChI is InChI=1S/C28H35F2N3O3S/c29-28(30)9-1-2-22(14-28)32-26(34)21-12-25(37-17-21)23-13-24(23)31-15-18-7-10-33(11-8-18)16-19-3-5-20(6-4-19)27(35)36/h3-6,12,17-18,22-24,31H,1-2,7-11,13-16H2,(H,32,34)(H,35,36)/t22?,23-,24-/m1/s1. The van der Waals surface area contributed by atoms with Crippen LogP contribution in [0.4, 0.5) is 8.78 Å². The van der Waals surface area contributed by atoms with E-state index in [1.165, 1.54) is 4.88 Å². The number of piperidine rings is 1. The van der Waals surface area contributed by atoms with Crippen molar-refractivity contribution >= 4 is 23.2 Å². The van der Waals surface area contributed by atoms with Crippen molar-refractivity contribution < 1.29 is 23.5 Å². The van der Waals surface area contributed by atoms with Gasteiger partial charge in [0.25, 0.3) is 5.91 Å². The number of amides is 1. The Hall–Kier alpha value is -2.36. The third kappa shape index (κ3) is 6.94. The van der Waals surface area contributed by atoms with E-state index in [-0.39, 0.29) is 18.7 Å². The minimum Gasteiger partial charge on any atom is -0.478 e. The second-order valence-electron chi connectivity index (χ2n) is 10.9. The summed E-state index contributed by atoms with van der Waals surface area (Å²) in [5.41, 5.74) is 2.05. The van der Waals surface area contributed by atoms with Gasteiger partial charge in [0.1, 0.15) is 0 Å². The summed E-state index contributed by atoms with van der Waals surface area (Å²) in [6.45, 7) is 3.92. The first-order valence-electron chi connectivity index (χ1n) is 13.3. The van der Waals surface area contributed by atoms with Gasteiger partial charge in [-0.05, 0) is 81.4 Å². The van der Waals surface area contributed by atoms with Gasteiger partial charge in [-0.3, -0.25) is 9.69 Å². The van der Waals surface area contributed by atoms with Crippen molar-refractivity contribution in [2.45, 2.75) is 75.4 Å². The first-order chi connectivity index (χ1) is 17.8. The molecule has 1 saturated heterocycles. The molecule has 9 heteroatoms. The van der Waals surface area contributed by atoms with Crippen LogP contribution in [0, 0.1) is 5.92 Å². The zero-order valence-electron chi connectivity index (χ0n) is 20.9. The normalized spacial score (nSPS) is 26.1. The molecule has 1 unspecified atom stereocenters. The molecule has 1 amide bonds. The SMILES string of the molecule is O=C(O)c1ccc(CN2CCC(CN[C@@H]3C[C@H]3c3cc(C(=O)NC4CCCC(F)(F)C4)cs3)CC2)cc1. The molecule has 3 fully saturated rings. The van der Waals surface area contributed by atoms with Gasteiger partial charge in [-0.1, -0.05) is 12.1 Å². The smallest absolute Gasteiger partial charge is 0.335 e. The average molecular weight is 532 g/mol. The van der Waals surface area contributed by atoms with E-state index in [9.17, 15) is 18.4 Å². The van der Waals surface area contributed by atoms with Crippen molar-refractivity contribution in [3.63, 3.8) is 0 Å². The lowest BCUT2D eigenvalue weighted by Crippen LogP contribution is -2.41. The van der Waals surface area contributed by atoms with Gasteiger partial charge in [0.2, 0.25) is 5.92 Å². The Morgan fingerprint density at radius 1 is 1.11 bits per heavy atom. The molecule has 3 aliphatic rings. The predicted molar refractivity (Wildman–Crippen MR) is 140 cm³/mol. The van der Waals surface area contributed by atoms with Crippen LogP contribution in [-0.2, 0) is 6.54 Å². The number of hydrogen-bond acceptors (Lipinski definition) is 5. The maximum absolute atomic E-state index is 13.6. The zero-order valence-corrected chi connectivity index (χ0v) is 21.7. The maximum atomic E-state index is 13.6. The number of carbonyl (C=O) groups is 2. The lowest BCUT2D eigenvalue weighted by atomic mass is 9.92. The molecular weight excluding hydrogens is 496 g/mol. The number of carbonyl (C=O) groups excluding carboxylic acids is 1. The highest BCUT2D eigenvalue weighted by Gasteiger charge is 2.40. The van der Waals surface area contributed by atoms with E-state index in [1.54, 1.807) is 23.5 Å². The molecule has 2 aromatic rings. The third-order valence-corrected chi connectivity index (χ3v) is 9.06. The molecular formula is C28H35F2N3O3S. The summed E-state index contributed by atoms with van der Waals surface area (Å²) in [5, 5.41) is 17.4. The Kier molecular flexibility index (Phi) is 7.93. The van der Waals surface area contributed by atoms with E-state index >= 15 is 0 Å². The number of benzene rings is 1. The third-order valence-electron chi connectivity index (χ3n) is 8.00. The molecule has 1 aromatic carbocycles. The van der Waals surface area contributed by atoms with Crippen molar-refractivity contribution in [1.29, 1.82) is 0 Å². The Morgan fingerprint density at radius 3 is 2.57 bits per heavy atom. The number of nitrogens with one attached hydrogen (secondary N) is 2. The maximum Gasteiger partial charge on any atom is 0.335 e. The summed E-state index contributed by atoms with van der Waals surface area (Å²) in [6.07, 6.45) is 4.07. The fourth-order valence-electron chi connectivity index (χ4n) is 5.64. The minimum atomic E-state index is -2.67. The minimum absolute atomic E-state index is 0.0816. The summed E-state index contributed by atoms with van der Waals surface area (Å²) in [4.78, 5) is 27.2. The van der Waals surface area contributed by atoms with E-state index in [1.807, 2.05) is 23.6 Å². The Morgan fingerprint density at radius 2 is 1.86 bits per heavy atom. The first kappa shape index (κ1) is 26.3. The van der Waals surface area contributed by atoms with Crippen LogP contribution in [0.3, 0.4) is 0 Å². The van der Waals surface area contributed by atoms with Crippen LogP contribution < -0.4 is 10.6 Å². The molecule has 37 heavy (non-hydrogen) atoms. The summed E-state index contributed by atoms with van der Waals surface area (Å²) in [7, 11) is 0. The number of alkyl halides is 2. The van der Waals surface area contributed by atoms with Crippen molar-refractivity contribution in [3.05, 3.63) is 57.3 Å². The number of nitrogens with zero attached hydrogens (tertiary/aromatic N) is 1. The number of rotatable bonds is 9. The van der Waals surface area contributed by atoms with Crippen LogP contribution in [0.15, 0.2) is 35.7 Å². The number of carboxylic acids is 1. The van der Waals surface area contributed by atoms with Crippen LogP contribution >= 0.6 is 11.3 Å². The van der Waals surface area contributed by atoms with Crippen LogP contribution in [0.25, 0.3) is 0 Å². The lowest BCUT2D eigenvalue weighted by molar-refractivity contribution is -0.0429. The number of likely N-dealkylation sites (tertiary alicyclic amines) is 1. The van der Waals surface area contributed by atoms with E-state index in [4.69, 9.17) is 5.11 Å². The fourth-order valence-corrected chi connectivity index (χ4v) is 6.71. The van der Waals surface area contributed by atoms with Crippen LogP contribution in [0.5, 0.6) is 0 Å². The molecule has 1 aromatic heterocycles. The largest absolute Gasteiger partial charge is 0.478 e. The fraction of sp³-hybridized carbons (Fsp3) is 0.571. The molecule has 0 bridgehead atoms. The highest BCUT2D eigenvalue weighted by Crippen LogP contribution is 2.44. The first-order valence-corrected chi connectivity index (χ1v) is 14.2. The Bertz CT molecular complexity index is 1100. The number of hydrogen-bond donors (Lipinski definition) is 3. The zero-order chi connectivity index (χ0) is 26.0. The van der Waals surface area contributed by atoms with Crippen molar-refractivity contribution in [2.24, 2.45) is 5.92 Å². The molecule has 2 aliphatic carbocycles. The van der Waals surface area contributed by atoms with Gasteiger partial charge in [-0.15, -0.1) is 11.3 Å². The quantitative estimate of drug-likeness (QED) is 0.419. The summed E-state index contributed by atoms with van der Waals surface area (Å²) < 4.78 is 27.3. The van der Waals surface area contributed by atoms with E-state index in [0.717, 1.165) is 51.0 Å². The van der Waals surface area contributed by atoms with Crippen molar-refractivity contribution in [2.75, 3.05) is 19.6 Å². The Labute approximate surface area is 220 Å². The topological polar surface area (TPSA) is 81.7 Å². The summed E-state index contributed by atoms with van der Waals surface area (Å²) >= 11 is 1.59. The molecule has 0 radical (unpaired) electrons. The van der Waals surface area contributed by atoms with Gasteiger partial charge in [-0.25, -0.2) is 13.6 Å². The molecule has 3 atom stereocenters. The molecule has 6 nitrogen and oxygen atoms in total. The van der Waals surface area contributed by atoms with Crippen LogP contribution in [0.2, 0.25) is 0 Å². The van der Waals surface area contributed by atoms with Crippen molar-refractivity contribution in [3.8, 4) is 0 Å². The van der Waals surface area contributed by atoms with Gasteiger partial charge >= 0.3 is 5.97 Å². The monoisotopic (exact) mass is 531 g/mol. The van der Waals surface area contributed by atoms with Crippen molar-refractivity contribution in [1.82, 2.24) is 15.5 Å².